The van der Waals surface area contributed by atoms with Crippen LogP contribution in [0.4, 0.5) is 0 Å². The Morgan fingerprint density at radius 3 is 2.60 bits per heavy atom. The largest absolute Gasteiger partial charge is 0.388 e. The molecule has 0 radical (unpaired) electrons. The monoisotopic (exact) mass is 205 g/mol. The predicted molar refractivity (Wildman–Crippen MR) is 57.2 cm³/mol. The van der Waals surface area contributed by atoms with E-state index in [1.807, 2.05) is 30.3 Å². The first-order valence-electron chi connectivity index (χ1n) is 5.28. The van der Waals surface area contributed by atoms with E-state index in [-0.39, 0.29) is 5.91 Å². The van der Waals surface area contributed by atoms with Crippen LogP contribution >= 0.6 is 0 Å². The molecule has 0 saturated carbocycles. The van der Waals surface area contributed by atoms with Crippen LogP contribution < -0.4 is 0 Å². The number of aliphatic hydroxyl groups is 1. The van der Waals surface area contributed by atoms with Crippen molar-refractivity contribution in [1.82, 2.24) is 4.90 Å². The van der Waals surface area contributed by atoms with E-state index >= 15 is 0 Å². The molecule has 1 aromatic rings. The molecule has 1 atom stereocenters. The van der Waals surface area contributed by atoms with Crippen LogP contribution in [0.1, 0.15) is 24.5 Å². The maximum Gasteiger partial charge on any atom is 0.222 e. The summed E-state index contributed by atoms with van der Waals surface area (Å²) in [6.07, 6.45) is 0.435. The van der Waals surface area contributed by atoms with E-state index in [0.717, 1.165) is 18.7 Å². The lowest BCUT2D eigenvalue weighted by Gasteiger charge is -2.10. The van der Waals surface area contributed by atoms with Crippen molar-refractivity contribution in [2.45, 2.75) is 18.9 Å². The lowest BCUT2D eigenvalue weighted by Crippen LogP contribution is -2.11. The van der Waals surface area contributed by atoms with Crippen LogP contribution in [0.15, 0.2) is 30.3 Å². The van der Waals surface area contributed by atoms with Gasteiger partial charge in [-0.15, -0.1) is 0 Å². The first kappa shape index (κ1) is 10.2. The Hall–Kier alpha value is -1.35. The van der Waals surface area contributed by atoms with Gasteiger partial charge in [-0.2, -0.15) is 0 Å². The zero-order chi connectivity index (χ0) is 10.7. The first-order valence-corrected chi connectivity index (χ1v) is 5.28. The van der Waals surface area contributed by atoms with Crippen molar-refractivity contribution in [3.05, 3.63) is 35.9 Å². The van der Waals surface area contributed by atoms with Gasteiger partial charge in [-0.05, 0) is 12.0 Å². The summed E-state index contributed by atoms with van der Waals surface area (Å²) < 4.78 is 0. The fraction of sp³-hybridized carbons (Fsp3) is 0.417. The third-order valence-corrected chi connectivity index (χ3v) is 2.62. The van der Waals surface area contributed by atoms with Crippen molar-refractivity contribution < 1.29 is 9.90 Å². The minimum atomic E-state index is -0.518. The van der Waals surface area contributed by atoms with Crippen molar-refractivity contribution >= 4 is 5.91 Å². The van der Waals surface area contributed by atoms with E-state index in [4.69, 9.17) is 0 Å². The number of carbonyl (C=O) groups excluding carboxylic acids is 1. The number of rotatable bonds is 4. The molecule has 3 heteroatoms. The van der Waals surface area contributed by atoms with Gasteiger partial charge in [0.2, 0.25) is 5.91 Å². The van der Waals surface area contributed by atoms with Crippen LogP contribution in [-0.4, -0.2) is 29.0 Å². The molecule has 1 amide bonds. The maximum atomic E-state index is 11.4. The Bertz CT molecular complexity index is 333. The van der Waals surface area contributed by atoms with Crippen LogP contribution in [0.2, 0.25) is 0 Å². The van der Waals surface area contributed by atoms with Crippen molar-refractivity contribution in [3.8, 4) is 0 Å². The molecular formula is C12H15NO2. The van der Waals surface area contributed by atoms with E-state index in [2.05, 4.69) is 0 Å². The summed E-state index contributed by atoms with van der Waals surface area (Å²) in [5, 5.41) is 9.80. The van der Waals surface area contributed by atoms with Gasteiger partial charge in [0.1, 0.15) is 0 Å². The maximum absolute atomic E-state index is 11.4. The van der Waals surface area contributed by atoms with Crippen LogP contribution in [0.3, 0.4) is 0 Å². The fourth-order valence-corrected chi connectivity index (χ4v) is 1.56. The average molecular weight is 205 g/mol. The fourth-order valence-electron chi connectivity index (χ4n) is 1.56. The quantitative estimate of drug-likeness (QED) is 0.753. The summed E-state index contributed by atoms with van der Waals surface area (Å²) in [6, 6.07) is 9.46. The topological polar surface area (TPSA) is 40.3 Å². The van der Waals surface area contributed by atoms with Gasteiger partial charge < -0.3 is 10.0 Å². The number of benzene rings is 1. The lowest BCUT2D eigenvalue weighted by atomic mass is 10.1. The Balaban J connectivity index is 1.81. The molecule has 1 aromatic carbocycles. The highest BCUT2D eigenvalue weighted by Crippen LogP contribution is 2.19. The molecule has 1 unspecified atom stereocenters. The second kappa shape index (κ2) is 4.45. The van der Waals surface area contributed by atoms with Crippen molar-refractivity contribution in [2.75, 3.05) is 13.1 Å². The zero-order valence-corrected chi connectivity index (χ0v) is 8.60. The summed E-state index contributed by atoms with van der Waals surface area (Å²) in [5.74, 6) is 0.157. The molecule has 0 spiro atoms. The average Bonchev–Trinajstić information content (AvgIpc) is 3.10. The normalized spacial score (nSPS) is 16.2. The smallest absolute Gasteiger partial charge is 0.222 e. The molecule has 3 nitrogen and oxygen atoms in total. The lowest BCUT2D eigenvalue weighted by molar-refractivity contribution is -0.126. The molecule has 15 heavy (non-hydrogen) atoms. The first-order chi connectivity index (χ1) is 7.27. The number of hydrogen-bond donors (Lipinski definition) is 1. The highest BCUT2D eigenvalue weighted by molar-refractivity contribution is 5.78. The van der Waals surface area contributed by atoms with E-state index in [0.29, 0.717) is 12.8 Å². The van der Waals surface area contributed by atoms with E-state index < -0.39 is 6.10 Å². The van der Waals surface area contributed by atoms with Gasteiger partial charge >= 0.3 is 0 Å². The number of hydrogen-bond acceptors (Lipinski definition) is 2. The molecule has 0 bridgehead atoms. The molecule has 1 saturated heterocycles. The van der Waals surface area contributed by atoms with Crippen LogP contribution in [0.5, 0.6) is 0 Å². The van der Waals surface area contributed by atoms with Gasteiger partial charge in [0.05, 0.1) is 6.10 Å². The molecular weight excluding hydrogens is 190 g/mol. The van der Waals surface area contributed by atoms with Gasteiger partial charge in [0.15, 0.2) is 0 Å². The summed E-state index contributed by atoms with van der Waals surface area (Å²) >= 11 is 0. The molecule has 1 aliphatic heterocycles. The van der Waals surface area contributed by atoms with Crippen molar-refractivity contribution in [3.63, 3.8) is 0 Å². The zero-order valence-electron chi connectivity index (χ0n) is 8.60. The SMILES string of the molecule is O=C(CCC(O)c1ccccc1)N1CC1. The Labute approximate surface area is 89.3 Å². The minimum absolute atomic E-state index is 0.157. The van der Waals surface area contributed by atoms with Gasteiger partial charge in [0.25, 0.3) is 0 Å². The highest BCUT2D eigenvalue weighted by Gasteiger charge is 2.24. The number of amides is 1. The van der Waals surface area contributed by atoms with Crippen LogP contribution in [-0.2, 0) is 4.79 Å². The molecule has 80 valence electrons. The Morgan fingerprint density at radius 1 is 1.33 bits per heavy atom. The third-order valence-electron chi connectivity index (χ3n) is 2.62. The molecule has 1 heterocycles. The Kier molecular flexibility index (Phi) is 3.02. The molecule has 0 aliphatic carbocycles. The van der Waals surface area contributed by atoms with Gasteiger partial charge in [-0.3, -0.25) is 4.79 Å². The van der Waals surface area contributed by atoms with Crippen molar-refractivity contribution in [2.24, 2.45) is 0 Å². The number of carbonyl (C=O) groups is 1. The minimum Gasteiger partial charge on any atom is -0.388 e. The standard InChI is InChI=1S/C12H15NO2/c14-11(10-4-2-1-3-5-10)6-7-12(15)13-8-9-13/h1-5,11,14H,6-9H2. The summed E-state index contributed by atoms with van der Waals surface area (Å²) in [4.78, 5) is 13.1. The molecule has 0 aromatic heterocycles. The third kappa shape index (κ3) is 2.80. The molecule has 1 aliphatic rings. The number of nitrogens with zero attached hydrogens (tertiary/aromatic N) is 1. The number of aliphatic hydroxyl groups excluding tert-OH is 1. The van der Waals surface area contributed by atoms with E-state index in [9.17, 15) is 9.90 Å². The molecule has 1 N–H and O–H groups in total. The van der Waals surface area contributed by atoms with Gasteiger partial charge in [-0.25, -0.2) is 0 Å². The summed E-state index contributed by atoms with van der Waals surface area (Å²) in [7, 11) is 0. The molecule has 1 fully saturated rings. The Morgan fingerprint density at radius 2 is 2.00 bits per heavy atom. The van der Waals surface area contributed by atoms with Crippen LogP contribution in [0.25, 0.3) is 0 Å². The van der Waals surface area contributed by atoms with Gasteiger partial charge in [0, 0.05) is 19.5 Å². The summed E-state index contributed by atoms with van der Waals surface area (Å²) in [5.41, 5.74) is 0.885. The highest BCUT2D eigenvalue weighted by atomic mass is 16.3. The van der Waals surface area contributed by atoms with E-state index in [1.54, 1.807) is 4.90 Å². The second-order valence-corrected chi connectivity index (χ2v) is 3.85. The van der Waals surface area contributed by atoms with E-state index in [1.165, 1.54) is 0 Å². The van der Waals surface area contributed by atoms with Gasteiger partial charge in [-0.1, -0.05) is 30.3 Å². The van der Waals surface area contributed by atoms with Crippen LogP contribution in [0, 0.1) is 0 Å². The van der Waals surface area contributed by atoms with Crippen molar-refractivity contribution in [1.29, 1.82) is 0 Å². The predicted octanol–water partition coefficient (Wildman–Crippen LogP) is 1.34. The second-order valence-electron chi connectivity index (χ2n) is 3.85. The summed E-state index contributed by atoms with van der Waals surface area (Å²) in [6.45, 7) is 1.78. The molecule has 2 rings (SSSR count).